The normalized spacial score (nSPS) is 14.7. The van der Waals surface area contributed by atoms with Crippen LogP contribution in [-0.2, 0) is 6.42 Å². The highest BCUT2D eigenvalue weighted by atomic mass is 32.1. The molecular weight excluding hydrogens is 194 g/mol. The monoisotopic (exact) mass is 213 g/mol. The lowest BCUT2D eigenvalue weighted by Gasteiger charge is -2.37. The molecule has 0 aromatic carbocycles. The summed E-state index contributed by atoms with van der Waals surface area (Å²) in [7, 11) is 4.00. The molecule has 1 atom stereocenters. The van der Waals surface area contributed by atoms with Crippen LogP contribution in [0.25, 0.3) is 0 Å². The molecule has 0 fully saturated rings. The second-order valence-electron chi connectivity index (χ2n) is 4.35. The van der Waals surface area contributed by atoms with E-state index in [1.54, 1.807) is 11.3 Å². The Kier molecular flexibility index (Phi) is 3.70. The van der Waals surface area contributed by atoms with Crippen LogP contribution >= 0.6 is 11.3 Å². The van der Waals surface area contributed by atoms with E-state index >= 15 is 0 Å². The van der Waals surface area contributed by atoms with Crippen molar-refractivity contribution < 1.29 is 5.11 Å². The van der Waals surface area contributed by atoms with Gasteiger partial charge >= 0.3 is 0 Å². The van der Waals surface area contributed by atoms with Gasteiger partial charge in [-0.05, 0) is 39.4 Å². The third-order valence-corrected chi connectivity index (χ3v) is 3.84. The molecule has 2 nitrogen and oxygen atoms in total. The first kappa shape index (κ1) is 11.7. The quantitative estimate of drug-likeness (QED) is 0.827. The first-order valence-corrected chi connectivity index (χ1v) is 5.70. The SMILES string of the molecule is CN(C)C(C)(C)C(O)Cc1cccs1. The van der Waals surface area contributed by atoms with Crippen molar-refractivity contribution >= 4 is 11.3 Å². The molecule has 0 aliphatic heterocycles. The number of nitrogens with zero attached hydrogens (tertiary/aromatic N) is 1. The molecule has 1 unspecified atom stereocenters. The molecule has 1 aromatic heterocycles. The molecule has 1 N–H and O–H groups in total. The molecule has 0 bridgehead atoms. The predicted molar refractivity (Wildman–Crippen MR) is 61.8 cm³/mol. The highest BCUT2D eigenvalue weighted by molar-refractivity contribution is 7.09. The largest absolute Gasteiger partial charge is 0.391 e. The van der Waals surface area contributed by atoms with Crippen LogP contribution in [0.5, 0.6) is 0 Å². The van der Waals surface area contributed by atoms with Gasteiger partial charge in [0.1, 0.15) is 0 Å². The summed E-state index contributed by atoms with van der Waals surface area (Å²) in [6.07, 6.45) is 0.416. The van der Waals surface area contributed by atoms with Crippen LogP contribution < -0.4 is 0 Å². The fourth-order valence-electron chi connectivity index (χ4n) is 1.17. The van der Waals surface area contributed by atoms with Crippen LogP contribution in [-0.4, -0.2) is 35.7 Å². The van der Waals surface area contributed by atoms with Gasteiger partial charge in [-0.15, -0.1) is 11.3 Å². The van der Waals surface area contributed by atoms with E-state index in [9.17, 15) is 5.11 Å². The van der Waals surface area contributed by atoms with Crippen LogP contribution in [0.2, 0.25) is 0 Å². The zero-order valence-electron chi connectivity index (χ0n) is 9.32. The summed E-state index contributed by atoms with van der Waals surface area (Å²) in [4.78, 5) is 3.30. The molecule has 0 amide bonds. The van der Waals surface area contributed by atoms with Crippen LogP contribution in [0.15, 0.2) is 17.5 Å². The van der Waals surface area contributed by atoms with E-state index in [0.29, 0.717) is 0 Å². The Bertz CT molecular complexity index is 267. The lowest BCUT2D eigenvalue weighted by atomic mass is 9.93. The number of thiophene rings is 1. The van der Waals surface area contributed by atoms with Crippen molar-refractivity contribution in [3.63, 3.8) is 0 Å². The molecule has 14 heavy (non-hydrogen) atoms. The second-order valence-corrected chi connectivity index (χ2v) is 5.38. The fourth-order valence-corrected chi connectivity index (χ4v) is 1.91. The van der Waals surface area contributed by atoms with Crippen molar-refractivity contribution in [3.8, 4) is 0 Å². The summed E-state index contributed by atoms with van der Waals surface area (Å²) in [5.41, 5.74) is -0.177. The summed E-state index contributed by atoms with van der Waals surface area (Å²) in [5.74, 6) is 0. The lowest BCUT2D eigenvalue weighted by Crippen LogP contribution is -2.49. The van der Waals surface area contributed by atoms with Crippen molar-refractivity contribution in [2.24, 2.45) is 0 Å². The Morgan fingerprint density at radius 2 is 2.14 bits per heavy atom. The average molecular weight is 213 g/mol. The summed E-state index contributed by atoms with van der Waals surface area (Å²) in [6, 6.07) is 4.09. The maximum Gasteiger partial charge on any atom is 0.0766 e. The molecule has 0 saturated heterocycles. The topological polar surface area (TPSA) is 23.5 Å². The van der Waals surface area contributed by atoms with Gasteiger partial charge in [0.15, 0.2) is 0 Å². The van der Waals surface area contributed by atoms with Crippen molar-refractivity contribution in [2.45, 2.75) is 31.9 Å². The van der Waals surface area contributed by atoms with Gasteiger partial charge in [-0.25, -0.2) is 0 Å². The molecule has 1 aromatic rings. The summed E-state index contributed by atoms with van der Waals surface area (Å²) >= 11 is 1.70. The van der Waals surface area contributed by atoms with Crippen LogP contribution in [0.3, 0.4) is 0 Å². The summed E-state index contributed by atoms with van der Waals surface area (Å²) < 4.78 is 0. The second kappa shape index (κ2) is 4.43. The van der Waals surface area contributed by atoms with Crippen LogP contribution in [0.1, 0.15) is 18.7 Å². The van der Waals surface area contributed by atoms with E-state index in [2.05, 4.69) is 24.8 Å². The first-order chi connectivity index (χ1) is 6.44. The smallest absolute Gasteiger partial charge is 0.0766 e. The minimum absolute atomic E-state index is 0.177. The summed E-state index contributed by atoms with van der Waals surface area (Å²) in [5, 5.41) is 12.1. The van der Waals surface area contributed by atoms with Gasteiger partial charge < -0.3 is 10.0 Å². The molecule has 0 aliphatic rings. The minimum atomic E-state index is -0.323. The number of likely N-dealkylation sites (N-methyl/N-ethyl adjacent to an activating group) is 1. The van der Waals surface area contributed by atoms with E-state index < -0.39 is 0 Å². The van der Waals surface area contributed by atoms with Gasteiger partial charge in [0, 0.05) is 16.8 Å². The fraction of sp³-hybridized carbons (Fsp3) is 0.636. The Labute approximate surface area is 90.2 Å². The number of aliphatic hydroxyl groups excluding tert-OH is 1. The number of hydrogen-bond donors (Lipinski definition) is 1. The van der Waals surface area contributed by atoms with Crippen molar-refractivity contribution in [1.29, 1.82) is 0 Å². The molecule has 0 aliphatic carbocycles. The Morgan fingerprint density at radius 1 is 1.50 bits per heavy atom. The van der Waals surface area contributed by atoms with Crippen LogP contribution in [0.4, 0.5) is 0 Å². The van der Waals surface area contributed by atoms with E-state index in [4.69, 9.17) is 0 Å². The molecule has 1 rings (SSSR count). The first-order valence-electron chi connectivity index (χ1n) is 4.82. The van der Waals surface area contributed by atoms with E-state index in [1.807, 2.05) is 25.5 Å². The molecule has 0 saturated carbocycles. The van der Waals surface area contributed by atoms with Gasteiger partial charge in [0.2, 0.25) is 0 Å². The summed E-state index contributed by atoms with van der Waals surface area (Å²) in [6.45, 7) is 4.12. The maximum absolute atomic E-state index is 10.1. The molecule has 3 heteroatoms. The third-order valence-electron chi connectivity index (χ3n) is 2.94. The molecular formula is C11H19NOS. The van der Waals surface area contributed by atoms with Crippen molar-refractivity contribution in [1.82, 2.24) is 4.90 Å². The Balaban J connectivity index is 2.62. The number of hydrogen-bond acceptors (Lipinski definition) is 3. The number of aliphatic hydroxyl groups is 1. The third kappa shape index (κ3) is 2.56. The van der Waals surface area contributed by atoms with Crippen LogP contribution in [0, 0.1) is 0 Å². The zero-order chi connectivity index (χ0) is 10.8. The maximum atomic E-state index is 10.1. The zero-order valence-corrected chi connectivity index (χ0v) is 10.1. The molecule has 80 valence electrons. The van der Waals surface area contributed by atoms with E-state index in [-0.39, 0.29) is 11.6 Å². The van der Waals surface area contributed by atoms with Crippen molar-refractivity contribution in [2.75, 3.05) is 14.1 Å². The van der Waals surface area contributed by atoms with Gasteiger partial charge in [-0.3, -0.25) is 0 Å². The average Bonchev–Trinajstić information content (AvgIpc) is 2.56. The Morgan fingerprint density at radius 3 is 2.57 bits per heavy atom. The van der Waals surface area contributed by atoms with Gasteiger partial charge in [-0.1, -0.05) is 6.07 Å². The standard InChI is InChI=1S/C11H19NOS/c1-11(2,12(3)4)10(13)8-9-6-5-7-14-9/h5-7,10,13H,8H2,1-4H3. The van der Waals surface area contributed by atoms with Crippen molar-refractivity contribution in [3.05, 3.63) is 22.4 Å². The molecule has 0 radical (unpaired) electrons. The highest BCUT2D eigenvalue weighted by Gasteiger charge is 2.30. The molecule has 0 spiro atoms. The minimum Gasteiger partial charge on any atom is -0.391 e. The van der Waals surface area contributed by atoms with Gasteiger partial charge in [0.25, 0.3) is 0 Å². The van der Waals surface area contributed by atoms with Gasteiger partial charge in [0.05, 0.1) is 6.10 Å². The van der Waals surface area contributed by atoms with E-state index in [0.717, 1.165) is 6.42 Å². The van der Waals surface area contributed by atoms with E-state index in [1.165, 1.54) is 4.88 Å². The highest BCUT2D eigenvalue weighted by Crippen LogP contribution is 2.21. The lowest BCUT2D eigenvalue weighted by molar-refractivity contribution is 0.0187. The van der Waals surface area contributed by atoms with Gasteiger partial charge in [-0.2, -0.15) is 0 Å². The Hall–Kier alpha value is -0.380. The molecule has 1 heterocycles. The number of rotatable bonds is 4. The predicted octanol–water partition coefficient (Wildman–Crippen LogP) is 1.99.